The third-order valence-electron chi connectivity index (χ3n) is 4.34. The van der Waals surface area contributed by atoms with Crippen LogP contribution < -0.4 is 0 Å². The fraction of sp³-hybridized carbons (Fsp3) is 0.588. The van der Waals surface area contributed by atoms with Gasteiger partial charge in [0.1, 0.15) is 5.78 Å². The third kappa shape index (κ3) is 4.53. The highest BCUT2D eigenvalue weighted by Crippen LogP contribution is 2.21. The van der Waals surface area contributed by atoms with Gasteiger partial charge in [-0.1, -0.05) is 23.7 Å². The van der Waals surface area contributed by atoms with E-state index in [1.54, 1.807) is 6.92 Å². The van der Waals surface area contributed by atoms with Crippen molar-refractivity contribution in [2.45, 2.75) is 32.7 Å². The number of carbonyl (C=O) groups is 1. The van der Waals surface area contributed by atoms with Crippen LogP contribution in [-0.4, -0.2) is 54.3 Å². The van der Waals surface area contributed by atoms with E-state index < -0.39 is 0 Å². The molecule has 116 valence electrons. The van der Waals surface area contributed by atoms with Gasteiger partial charge in [0.25, 0.3) is 0 Å². The summed E-state index contributed by atoms with van der Waals surface area (Å²) in [4.78, 5) is 16.9. The van der Waals surface area contributed by atoms with Crippen LogP contribution in [0.25, 0.3) is 0 Å². The van der Waals surface area contributed by atoms with E-state index in [-0.39, 0.29) is 11.7 Å². The van der Waals surface area contributed by atoms with E-state index >= 15 is 0 Å². The zero-order chi connectivity index (χ0) is 15.4. The summed E-state index contributed by atoms with van der Waals surface area (Å²) in [6.07, 6.45) is 0. The van der Waals surface area contributed by atoms with Crippen molar-refractivity contribution < 1.29 is 4.79 Å². The van der Waals surface area contributed by atoms with Crippen molar-refractivity contribution in [1.29, 1.82) is 0 Å². The number of ketones is 1. The Morgan fingerprint density at radius 3 is 2.19 bits per heavy atom. The maximum absolute atomic E-state index is 12.0. The van der Waals surface area contributed by atoms with Crippen molar-refractivity contribution in [2.24, 2.45) is 0 Å². The van der Waals surface area contributed by atoms with Crippen LogP contribution in [0.5, 0.6) is 0 Å². The SMILES string of the molecule is CC(=O)C(CN1CCN(C(C)C)CC1)c1ccc(Cl)cc1. The molecular formula is C17H25ClN2O. The molecule has 0 bridgehead atoms. The lowest BCUT2D eigenvalue weighted by Gasteiger charge is -2.38. The first-order chi connectivity index (χ1) is 9.97. The molecule has 1 fully saturated rings. The van der Waals surface area contributed by atoms with Gasteiger partial charge in [0.15, 0.2) is 0 Å². The summed E-state index contributed by atoms with van der Waals surface area (Å²) in [5.41, 5.74) is 1.07. The van der Waals surface area contributed by atoms with E-state index in [0.29, 0.717) is 11.1 Å². The molecule has 0 saturated carbocycles. The lowest BCUT2D eigenvalue weighted by atomic mass is 9.94. The Kier molecular flexibility index (Phi) is 5.80. The van der Waals surface area contributed by atoms with Gasteiger partial charge in [-0.3, -0.25) is 14.6 Å². The van der Waals surface area contributed by atoms with Crippen LogP contribution in [0.3, 0.4) is 0 Å². The molecule has 4 heteroatoms. The Hall–Kier alpha value is -0.900. The van der Waals surface area contributed by atoms with Crippen molar-refractivity contribution >= 4 is 17.4 Å². The minimum absolute atomic E-state index is 0.0483. The van der Waals surface area contributed by atoms with Crippen LogP contribution in [0.2, 0.25) is 5.02 Å². The third-order valence-corrected chi connectivity index (χ3v) is 4.59. The summed E-state index contributed by atoms with van der Waals surface area (Å²) < 4.78 is 0. The highest BCUT2D eigenvalue weighted by Gasteiger charge is 2.24. The summed E-state index contributed by atoms with van der Waals surface area (Å²) in [5, 5.41) is 0.714. The number of rotatable bonds is 5. The molecule has 0 N–H and O–H groups in total. The summed E-state index contributed by atoms with van der Waals surface area (Å²) in [6, 6.07) is 8.27. The van der Waals surface area contributed by atoms with E-state index in [4.69, 9.17) is 11.6 Å². The Balaban J connectivity index is 1.98. The molecular weight excluding hydrogens is 284 g/mol. The quantitative estimate of drug-likeness (QED) is 0.835. The summed E-state index contributed by atoms with van der Waals surface area (Å²) in [5.74, 6) is 0.177. The lowest BCUT2D eigenvalue weighted by Crippen LogP contribution is -2.50. The molecule has 0 spiro atoms. The molecule has 0 aliphatic carbocycles. The molecule has 1 atom stereocenters. The highest BCUT2D eigenvalue weighted by molar-refractivity contribution is 6.30. The van der Waals surface area contributed by atoms with Gasteiger partial charge >= 0.3 is 0 Å². The first-order valence-electron chi connectivity index (χ1n) is 7.69. The highest BCUT2D eigenvalue weighted by atomic mass is 35.5. The average molecular weight is 309 g/mol. The van der Waals surface area contributed by atoms with Crippen molar-refractivity contribution in [3.8, 4) is 0 Å². The summed E-state index contributed by atoms with van der Waals surface area (Å²) >= 11 is 5.93. The van der Waals surface area contributed by atoms with Crippen LogP contribution in [0.15, 0.2) is 24.3 Å². The van der Waals surface area contributed by atoms with Gasteiger partial charge in [-0.15, -0.1) is 0 Å². The smallest absolute Gasteiger partial charge is 0.138 e. The van der Waals surface area contributed by atoms with Gasteiger partial charge in [-0.2, -0.15) is 0 Å². The van der Waals surface area contributed by atoms with E-state index in [2.05, 4.69) is 23.6 Å². The number of benzene rings is 1. The molecule has 0 aromatic heterocycles. The first kappa shape index (κ1) is 16.5. The number of halogens is 1. The van der Waals surface area contributed by atoms with Gasteiger partial charge in [-0.25, -0.2) is 0 Å². The first-order valence-corrected chi connectivity index (χ1v) is 8.07. The Bertz CT molecular complexity index is 464. The Morgan fingerprint density at radius 1 is 1.14 bits per heavy atom. The van der Waals surface area contributed by atoms with Crippen LogP contribution in [0.4, 0.5) is 0 Å². The van der Waals surface area contributed by atoms with E-state index in [9.17, 15) is 4.79 Å². The second kappa shape index (κ2) is 7.39. The monoisotopic (exact) mass is 308 g/mol. The molecule has 0 amide bonds. The second-order valence-corrected chi connectivity index (χ2v) is 6.58. The molecule has 0 radical (unpaired) electrons. The van der Waals surface area contributed by atoms with Gasteiger partial charge in [-0.05, 0) is 38.5 Å². The van der Waals surface area contributed by atoms with Crippen molar-refractivity contribution in [2.75, 3.05) is 32.7 Å². The maximum atomic E-state index is 12.0. The average Bonchev–Trinajstić information content (AvgIpc) is 2.46. The standard InChI is InChI=1S/C17H25ClN2O/c1-13(2)20-10-8-19(9-11-20)12-17(14(3)21)15-4-6-16(18)7-5-15/h4-7,13,17H,8-12H2,1-3H3. The topological polar surface area (TPSA) is 23.6 Å². The fourth-order valence-corrected chi connectivity index (χ4v) is 3.01. The van der Waals surface area contributed by atoms with Crippen LogP contribution >= 0.6 is 11.6 Å². The van der Waals surface area contributed by atoms with E-state index in [1.165, 1.54) is 0 Å². The van der Waals surface area contributed by atoms with E-state index in [1.807, 2.05) is 24.3 Å². The molecule has 1 aliphatic rings. The number of carbonyl (C=O) groups excluding carboxylic acids is 1. The molecule has 3 nitrogen and oxygen atoms in total. The van der Waals surface area contributed by atoms with E-state index in [0.717, 1.165) is 38.3 Å². The van der Waals surface area contributed by atoms with Crippen LogP contribution in [-0.2, 0) is 4.79 Å². The molecule has 21 heavy (non-hydrogen) atoms. The van der Waals surface area contributed by atoms with Crippen LogP contribution in [0, 0.1) is 0 Å². The number of Topliss-reactive ketones (excluding diaryl/α,β-unsaturated/α-hetero) is 1. The number of hydrogen-bond donors (Lipinski definition) is 0. The largest absolute Gasteiger partial charge is 0.300 e. The van der Waals surface area contributed by atoms with Crippen molar-refractivity contribution in [3.63, 3.8) is 0 Å². The van der Waals surface area contributed by atoms with Gasteiger partial charge in [0.2, 0.25) is 0 Å². The Morgan fingerprint density at radius 2 is 1.71 bits per heavy atom. The molecule has 2 rings (SSSR count). The number of hydrogen-bond acceptors (Lipinski definition) is 3. The molecule has 1 saturated heterocycles. The zero-order valence-electron chi connectivity index (χ0n) is 13.2. The normalized spacial score (nSPS) is 18.9. The predicted molar refractivity (Wildman–Crippen MR) is 88.0 cm³/mol. The summed E-state index contributed by atoms with van der Waals surface area (Å²) in [7, 11) is 0. The second-order valence-electron chi connectivity index (χ2n) is 6.15. The summed E-state index contributed by atoms with van der Waals surface area (Å²) in [6.45, 7) is 11.2. The molecule has 1 unspecified atom stereocenters. The lowest BCUT2D eigenvalue weighted by molar-refractivity contribution is -0.119. The zero-order valence-corrected chi connectivity index (χ0v) is 13.9. The van der Waals surface area contributed by atoms with Gasteiger partial charge in [0.05, 0.1) is 5.92 Å². The molecule has 1 heterocycles. The number of piperazine rings is 1. The minimum atomic E-state index is -0.0483. The van der Waals surface area contributed by atoms with Crippen molar-refractivity contribution in [1.82, 2.24) is 9.80 Å². The molecule has 1 aromatic carbocycles. The van der Waals surface area contributed by atoms with Gasteiger partial charge < -0.3 is 0 Å². The maximum Gasteiger partial charge on any atom is 0.138 e. The van der Waals surface area contributed by atoms with Crippen LogP contribution in [0.1, 0.15) is 32.3 Å². The Labute approximate surface area is 132 Å². The fourth-order valence-electron chi connectivity index (χ4n) is 2.88. The van der Waals surface area contributed by atoms with Crippen molar-refractivity contribution in [3.05, 3.63) is 34.9 Å². The minimum Gasteiger partial charge on any atom is -0.300 e. The number of nitrogens with zero attached hydrogens (tertiary/aromatic N) is 2. The predicted octanol–water partition coefficient (Wildman–Crippen LogP) is 3.04. The molecule has 1 aromatic rings. The molecule has 1 aliphatic heterocycles. The van der Waals surface area contributed by atoms with Gasteiger partial charge in [0, 0.05) is 43.8 Å².